The van der Waals surface area contributed by atoms with Gasteiger partial charge in [-0.3, -0.25) is 9.59 Å². The minimum atomic E-state index is -1.03. The van der Waals surface area contributed by atoms with Crippen molar-refractivity contribution < 1.29 is 28.6 Å². The summed E-state index contributed by atoms with van der Waals surface area (Å²) >= 11 is 0. The number of ketones is 1. The number of Topliss-reactive ketones (excluding diaryl/α,β-unsaturated/α-hetero) is 1. The fourth-order valence-electron chi connectivity index (χ4n) is 1.90. The Bertz CT molecular complexity index is 704. The van der Waals surface area contributed by atoms with Gasteiger partial charge in [0.25, 0.3) is 0 Å². The number of ether oxygens (including phenoxy) is 3. The molecule has 0 saturated heterocycles. The van der Waals surface area contributed by atoms with Crippen LogP contribution < -0.4 is 9.47 Å². The molecular formula is C18H19NO6. The lowest BCUT2D eigenvalue weighted by atomic mass is 9.97. The van der Waals surface area contributed by atoms with E-state index in [9.17, 15) is 14.4 Å². The summed E-state index contributed by atoms with van der Waals surface area (Å²) in [6.45, 7) is 5.21. The van der Waals surface area contributed by atoms with E-state index in [1.165, 1.54) is 7.11 Å². The summed E-state index contributed by atoms with van der Waals surface area (Å²) in [6.07, 6.45) is 0.246. The van der Waals surface area contributed by atoms with Gasteiger partial charge in [-0.25, -0.2) is 4.79 Å². The van der Waals surface area contributed by atoms with E-state index in [4.69, 9.17) is 19.5 Å². The zero-order valence-corrected chi connectivity index (χ0v) is 14.1. The predicted molar refractivity (Wildman–Crippen MR) is 88.1 cm³/mol. The average Bonchev–Trinajstić information content (AvgIpc) is 2.62. The van der Waals surface area contributed by atoms with E-state index in [0.29, 0.717) is 22.6 Å². The van der Waals surface area contributed by atoms with Crippen LogP contribution in [0.5, 0.6) is 11.5 Å². The van der Waals surface area contributed by atoms with Gasteiger partial charge in [0.1, 0.15) is 19.1 Å². The van der Waals surface area contributed by atoms with Gasteiger partial charge in [-0.1, -0.05) is 12.6 Å². The minimum absolute atomic E-state index is 0.0565. The second-order valence-electron chi connectivity index (χ2n) is 5.16. The van der Waals surface area contributed by atoms with Crippen molar-refractivity contribution in [3.8, 4) is 17.6 Å². The first kappa shape index (κ1) is 19.9. The molecule has 1 aromatic rings. The molecule has 0 fully saturated rings. The highest BCUT2D eigenvalue weighted by Gasteiger charge is 2.18. The second-order valence-corrected chi connectivity index (χ2v) is 5.16. The fraction of sp³-hybridized carbons (Fsp3) is 0.333. The number of hydrogen-bond acceptors (Lipinski definition) is 7. The topological polar surface area (TPSA) is 103 Å². The van der Waals surface area contributed by atoms with E-state index in [0.717, 1.165) is 0 Å². The van der Waals surface area contributed by atoms with Gasteiger partial charge in [0, 0.05) is 5.57 Å². The highest BCUT2D eigenvalue weighted by molar-refractivity contribution is 6.26. The lowest BCUT2D eigenvalue weighted by Gasteiger charge is -2.13. The molecule has 0 aliphatic heterocycles. The molecule has 0 amide bonds. The molecule has 132 valence electrons. The van der Waals surface area contributed by atoms with Crippen LogP contribution in [0, 0.1) is 17.2 Å². The Kier molecular flexibility index (Phi) is 7.87. The van der Waals surface area contributed by atoms with Crippen LogP contribution in [-0.4, -0.2) is 38.4 Å². The molecule has 1 unspecified atom stereocenters. The van der Waals surface area contributed by atoms with E-state index >= 15 is 0 Å². The van der Waals surface area contributed by atoms with Gasteiger partial charge in [0.05, 0.1) is 13.2 Å². The molecule has 0 bridgehead atoms. The van der Waals surface area contributed by atoms with E-state index in [1.54, 1.807) is 31.2 Å². The number of benzene rings is 1. The molecule has 25 heavy (non-hydrogen) atoms. The Morgan fingerprint density at radius 3 is 2.60 bits per heavy atom. The van der Waals surface area contributed by atoms with E-state index in [1.807, 2.05) is 0 Å². The normalized spacial score (nSPS) is 10.9. The molecule has 0 radical (unpaired) electrons. The molecule has 0 saturated carbocycles. The molecule has 0 aliphatic rings. The predicted octanol–water partition coefficient (Wildman–Crippen LogP) is 1.64. The lowest BCUT2D eigenvalue weighted by Crippen LogP contribution is -2.16. The van der Waals surface area contributed by atoms with Crippen LogP contribution in [0.15, 0.2) is 30.4 Å². The monoisotopic (exact) mass is 345 g/mol. The van der Waals surface area contributed by atoms with Crippen molar-refractivity contribution in [1.82, 2.24) is 0 Å². The van der Waals surface area contributed by atoms with Crippen molar-refractivity contribution in [2.45, 2.75) is 13.3 Å². The smallest absolute Gasteiger partial charge is 0.333 e. The number of carbonyl (C=O) groups excluding carboxylic acids is 3. The van der Waals surface area contributed by atoms with Crippen molar-refractivity contribution >= 4 is 18.0 Å². The molecule has 0 aliphatic carbocycles. The molecule has 1 rings (SSSR count). The Balaban J connectivity index is 2.70. The van der Waals surface area contributed by atoms with Crippen molar-refractivity contribution in [3.05, 3.63) is 35.9 Å². The first-order chi connectivity index (χ1) is 11.9. The van der Waals surface area contributed by atoms with Gasteiger partial charge in [-0.2, -0.15) is 5.26 Å². The highest BCUT2D eigenvalue weighted by atomic mass is 16.6. The van der Waals surface area contributed by atoms with Crippen LogP contribution in [0.25, 0.3) is 0 Å². The summed E-state index contributed by atoms with van der Waals surface area (Å²) in [7, 11) is 1.45. The molecule has 1 aromatic carbocycles. The van der Waals surface area contributed by atoms with Gasteiger partial charge in [-0.05, 0) is 31.0 Å². The third-order valence-electron chi connectivity index (χ3n) is 3.21. The van der Waals surface area contributed by atoms with Crippen LogP contribution in [0.3, 0.4) is 0 Å². The Morgan fingerprint density at radius 2 is 2.04 bits per heavy atom. The summed E-state index contributed by atoms with van der Waals surface area (Å²) in [5.41, 5.74) is 0.957. The summed E-state index contributed by atoms with van der Waals surface area (Å²) < 4.78 is 15.6. The number of methoxy groups -OCH3 is 1. The van der Waals surface area contributed by atoms with Crippen molar-refractivity contribution in [3.63, 3.8) is 0 Å². The maximum atomic E-state index is 11.4. The minimum Gasteiger partial charge on any atom is -0.493 e. The average molecular weight is 345 g/mol. The molecule has 7 nitrogen and oxygen atoms in total. The fourth-order valence-corrected chi connectivity index (χ4v) is 1.90. The van der Waals surface area contributed by atoms with Gasteiger partial charge in [-0.15, -0.1) is 0 Å². The number of rotatable bonds is 10. The largest absolute Gasteiger partial charge is 0.493 e. The first-order valence-corrected chi connectivity index (χ1v) is 7.43. The van der Waals surface area contributed by atoms with Crippen molar-refractivity contribution in [2.24, 2.45) is 5.92 Å². The zero-order chi connectivity index (χ0) is 18.8. The number of aldehydes is 1. The van der Waals surface area contributed by atoms with Crippen molar-refractivity contribution in [2.75, 3.05) is 20.3 Å². The Morgan fingerprint density at radius 1 is 1.32 bits per heavy atom. The van der Waals surface area contributed by atoms with Gasteiger partial charge >= 0.3 is 5.97 Å². The molecule has 1 atom stereocenters. The van der Waals surface area contributed by atoms with Crippen LogP contribution in [0.1, 0.15) is 12.5 Å². The maximum Gasteiger partial charge on any atom is 0.333 e. The van der Waals surface area contributed by atoms with Gasteiger partial charge < -0.3 is 14.2 Å². The SMILES string of the molecule is C=C(C)C(=O)OCCOc1ccc(CC(C#N)C(=O)C=O)cc1OC. The number of esters is 1. The molecule has 7 heteroatoms. The summed E-state index contributed by atoms with van der Waals surface area (Å²) in [6, 6.07) is 6.72. The van der Waals surface area contributed by atoms with Crippen LogP contribution in [0.4, 0.5) is 0 Å². The standard InChI is InChI=1S/C18H19NO6/c1-12(2)18(22)25-7-6-24-16-5-4-13(9-17(16)23-3)8-14(10-19)15(21)11-20/h4-5,9,11,14H,1,6-8H2,2-3H3. The maximum absolute atomic E-state index is 11.4. The molecule has 0 spiro atoms. The molecule has 0 N–H and O–H groups in total. The summed E-state index contributed by atoms with van der Waals surface area (Å²) in [4.78, 5) is 33.1. The lowest BCUT2D eigenvalue weighted by molar-refractivity contribution is -0.139. The van der Waals surface area contributed by atoms with E-state index < -0.39 is 17.7 Å². The zero-order valence-electron chi connectivity index (χ0n) is 14.1. The number of nitriles is 1. The second kappa shape index (κ2) is 9.88. The van der Waals surface area contributed by atoms with E-state index in [2.05, 4.69) is 6.58 Å². The number of nitrogens with zero attached hydrogens (tertiary/aromatic N) is 1. The summed E-state index contributed by atoms with van der Waals surface area (Å²) in [5, 5.41) is 8.96. The third-order valence-corrected chi connectivity index (χ3v) is 3.21. The summed E-state index contributed by atoms with van der Waals surface area (Å²) in [5.74, 6) is -1.46. The molecule has 0 heterocycles. The van der Waals surface area contributed by atoms with Gasteiger partial charge in [0.15, 0.2) is 17.8 Å². The van der Waals surface area contributed by atoms with Crippen molar-refractivity contribution in [1.29, 1.82) is 5.26 Å². The van der Waals surface area contributed by atoms with E-state index in [-0.39, 0.29) is 25.9 Å². The van der Waals surface area contributed by atoms with Crippen LogP contribution >= 0.6 is 0 Å². The number of hydrogen-bond donors (Lipinski definition) is 0. The van der Waals surface area contributed by atoms with Crippen LogP contribution in [0.2, 0.25) is 0 Å². The van der Waals surface area contributed by atoms with Gasteiger partial charge in [0.2, 0.25) is 5.78 Å². The molecule has 0 aromatic heterocycles. The Labute approximate surface area is 145 Å². The third kappa shape index (κ3) is 6.11. The Hall–Kier alpha value is -3.14. The number of carbonyl (C=O) groups is 3. The van der Waals surface area contributed by atoms with Crippen LogP contribution in [-0.2, 0) is 25.5 Å². The molecular weight excluding hydrogens is 326 g/mol. The first-order valence-electron chi connectivity index (χ1n) is 7.43. The highest BCUT2D eigenvalue weighted by Crippen LogP contribution is 2.29. The quantitative estimate of drug-likeness (QED) is 0.209.